The van der Waals surface area contributed by atoms with Gasteiger partial charge in [0.2, 0.25) is 16.8 Å². The van der Waals surface area contributed by atoms with Crippen LogP contribution in [0.2, 0.25) is 0 Å². The number of hydrogen-bond acceptors (Lipinski definition) is 5. The third-order valence-corrected chi connectivity index (χ3v) is 4.55. The molecule has 0 radical (unpaired) electrons. The van der Waals surface area contributed by atoms with E-state index in [1.54, 1.807) is 0 Å². The quantitative estimate of drug-likeness (QED) is 0.785. The van der Waals surface area contributed by atoms with Gasteiger partial charge in [0, 0.05) is 23.1 Å². The van der Waals surface area contributed by atoms with E-state index in [-0.39, 0.29) is 6.79 Å². The second kappa shape index (κ2) is 6.12. The molecule has 1 aliphatic rings. The smallest absolute Gasteiger partial charge is 0.231 e. The molecular weight excluding hydrogens is 360 g/mol. The van der Waals surface area contributed by atoms with E-state index >= 15 is 0 Å². The fourth-order valence-electron chi connectivity index (χ4n) is 2.14. The van der Waals surface area contributed by atoms with Gasteiger partial charge >= 0.3 is 0 Å². The summed E-state index contributed by atoms with van der Waals surface area (Å²) in [6.07, 6.45) is 1.16. The van der Waals surface area contributed by atoms with Crippen molar-refractivity contribution in [3.63, 3.8) is 0 Å². The number of rotatable bonds is 6. The van der Waals surface area contributed by atoms with Gasteiger partial charge in [-0.3, -0.25) is 0 Å². The van der Waals surface area contributed by atoms with Crippen molar-refractivity contribution in [1.82, 2.24) is 10.0 Å². The van der Waals surface area contributed by atoms with Gasteiger partial charge in [0.15, 0.2) is 11.5 Å². The van der Waals surface area contributed by atoms with Crippen molar-refractivity contribution in [2.45, 2.75) is 25.9 Å². The molecule has 21 heavy (non-hydrogen) atoms. The molecule has 0 atom stereocenters. The lowest BCUT2D eigenvalue weighted by Gasteiger charge is -2.25. The van der Waals surface area contributed by atoms with Gasteiger partial charge in [-0.15, -0.1) is 0 Å². The Balaban J connectivity index is 1.95. The molecule has 1 aliphatic heterocycles. The Bertz CT molecular complexity index is 631. The van der Waals surface area contributed by atoms with Crippen molar-refractivity contribution in [2.75, 3.05) is 19.6 Å². The van der Waals surface area contributed by atoms with Crippen LogP contribution in [0.25, 0.3) is 0 Å². The monoisotopic (exact) mass is 378 g/mol. The summed E-state index contributed by atoms with van der Waals surface area (Å²) < 4.78 is 36.7. The Labute approximate surface area is 133 Å². The minimum Gasteiger partial charge on any atom is -0.454 e. The second-order valence-electron chi connectivity index (χ2n) is 5.66. The van der Waals surface area contributed by atoms with Crippen LogP contribution >= 0.6 is 15.9 Å². The van der Waals surface area contributed by atoms with Crippen LogP contribution in [0.4, 0.5) is 0 Å². The minimum atomic E-state index is -3.23. The molecule has 6 nitrogen and oxygen atoms in total. The summed E-state index contributed by atoms with van der Waals surface area (Å²) in [6.45, 7) is 4.99. The Hall–Kier alpha value is -0.830. The van der Waals surface area contributed by atoms with Crippen molar-refractivity contribution in [3.8, 4) is 11.5 Å². The Kier molecular flexibility index (Phi) is 4.82. The predicted octanol–water partition coefficient (Wildman–Crippen LogP) is 1.60. The maximum atomic E-state index is 11.3. The van der Waals surface area contributed by atoms with Crippen LogP contribution in [-0.2, 0) is 16.6 Å². The van der Waals surface area contributed by atoms with Crippen molar-refractivity contribution >= 4 is 26.0 Å². The lowest BCUT2D eigenvalue weighted by atomic mass is 10.1. The number of halogens is 1. The van der Waals surface area contributed by atoms with Crippen molar-refractivity contribution in [1.29, 1.82) is 0 Å². The molecule has 0 spiro atoms. The van der Waals surface area contributed by atoms with E-state index in [0.717, 1.165) is 27.8 Å². The average Bonchev–Trinajstić information content (AvgIpc) is 2.72. The van der Waals surface area contributed by atoms with E-state index in [1.165, 1.54) is 0 Å². The number of sulfonamides is 1. The topological polar surface area (TPSA) is 76.7 Å². The molecule has 0 saturated carbocycles. The van der Waals surface area contributed by atoms with Crippen LogP contribution in [0.3, 0.4) is 0 Å². The molecule has 0 aromatic heterocycles. The van der Waals surface area contributed by atoms with Crippen molar-refractivity contribution < 1.29 is 17.9 Å². The standard InChI is InChI=1S/C13H19BrN2O4S/c1-13(2,16-21(3,17)18)7-15-6-9-4-11-12(5-10(9)14)20-8-19-11/h4-5,15-16H,6-8H2,1-3H3. The molecule has 8 heteroatoms. The molecular formula is C13H19BrN2O4S. The summed E-state index contributed by atoms with van der Waals surface area (Å²) in [5.74, 6) is 1.45. The van der Waals surface area contributed by atoms with E-state index in [0.29, 0.717) is 13.1 Å². The molecule has 0 amide bonds. The van der Waals surface area contributed by atoms with E-state index in [1.807, 2.05) is 26.0 Å². The van der Waals surface area contributed by atoms with E-state index in [2.05, 4.69) is 26.0 Å². The highest BCUT2D eigenvalue weighted by molar-refractivity contribution is 9.10. The van der Waals surface area contributed by atoms with Crippen LogP contribution in [0.1, 0.15) is 19.4 Å². The first-order valence-corrected chi connectivity index (χ1v) is 9.12. The highest BCUT2D eigenvalue weighted by Crippen LogP contribution is 2.36. The molecule has 2 N–H and O–H groups in total. The number of hydrogen-bond donors (Lipinski definition) is 2. The van der Waals surface area contributed by atoms with Gasteiger partial charge in [-0.05, 0) is 31.5 Å². The summed E-state index contributed by atoms with van der Waals surface area (Å²) in [5.41, 5.74) is 0.463. The fourth-order valence-corrected chi connectivity index (χ4v) is 3.68. The lowest BCUT2D eigenvalue weighted by molar-refractivity contribution is 0.174. The van der Waals surface area contributed by atoms with Gasteiger partial charge in [0.05, 0.1) is 6.26 Å². The maximum absolute atomic E-state index is 11.3. The van der Waals surface area contributed by atoms with E-state index < -0.39 is 15.6 Å². The SMILES string of the molecule is CC(C)(CNCc1cc2c(cc1Br)OCO2)NS(C)(=O)=O. The maximum Gasteiger partial charge on any atom is 0.231 e. The van der Waals surface area contributed by atoms with Gasteiger partial charge in [0.1, 0.15) is 0 Å². The van der Waals surface area contributed by atoms with Gasteiger partial charge in [-0.2, -0.15) is 0 Å². The predicted molar refractivity (Wildman–Crippen MR) is 84.0 cm³/mol. The summed E-state index contributed by atoms with van der Waals surface area (Å²) in [7, 11) is -3.23. The Morgan fingerprint density at radius 3 is 2.52 bits per heavy atom. The Morgan fingerprint density at radius 2 is 1.90 bits per heavy atom. The second-order valence-corrected chi connectivity index (χ2v) is 8.26. The van der Waals surface area contributed by atoms with Gasteiger partial charge in [-0.1, -0.05) is 15.9 Å². The summed E-state index contributed by atoms with van der Waals surface area (Å²) in [6, 6.07) is 3.79. The molecule has 0 unspecified atom stereocenters. The summed E-state index contributed by atoms with van der Waals surface area (Å²) in [5, 5.41) is 3.24. The Morgan fingerprint density at radius 1 is 1.29 bits per heavy atom. The molecule has 1 heterocycles. The van der Waals surface area contributed by atoms with E-state index in [4.69, 9.17) is 9.47 Å². The highest BCUT2D eigenvalue weighted by atomic mass is 79.9. The van der Waals surface area contributed by atoms with Gasteiger partial charge in [0.25, 0.3) is 0 Å². The van der Waals surface area contributed by atoms with Crippen LogP contribution in [0.15, 0.2) is 16.6 Å². The number of fused-ring (bicyclic) bond motifs is 1. The fraction of sp³-hybridized carbons (Fsp3) is 0.538. The summed E-state index contributed by atoms with van der Waals surface area (Å²) in [4.78, 5) is 0. The molecule has 1 aromatic carbocycles. The molecule has 0 saturated heterocycles. The van der Waals surface area contributed by atoms with Crippen LogP contribution in [0, 0.1) is 0 Å². The van der Waals surface area contributed by atoms with Crippen molar-refractivity contribution in [2.24, 2.45) is 0 Å². The first kappa shape index (κ1) is 16.5. The third kappa shape index (κ3) is 4.84. The first-order valence-electron chi connectivity index (χ1n) is 6.44. The van der Waals surface area contributed by atoms with Crippen LogP contribution in [0.5, 0.6) is 11.5 Å². The minimum absolute atomic E-state index is 0.240. The highest BCUT2D eigenvalue weighted by Gasteiger charge is 2.22. The largest absolute Gasteiger partial charge is 0.454 e. The molecule has 2 rings (SSSR count). The molecule has 118 valence electrons. The number of ether oxygens (including phenoxy) is 2. The number of nitrogens with one attached hydrogen (secondary N) is 2. The number of benzene rings is 1. The molecule has 0 aliphatic carbocycles. The van der Waals surface area contributed by atoms with Crippen LogP contribution < -0.4 is 19.5 Å². The molecule has 1 aromatic rings. The molecule has 0 bridgehead atoms. The molecule has 0 fully saturated rings. The normalized spacial score (nSPS) is 14.5. The van der Waals surface area contributed by atoms with Crippen molar-refractivity contribution in [3.05, 3.63) is 22.2 Å². The zero-order valence-electron chi connectivity index (χ0n) is 12.2. The first-order chi connectivity index (χ1) is 9.66. The van der Waals surface area contributed by atoms with Crippen LogP contribution in [-0.4, -0.2) is 33.6 Å². The van der Waals surface area contributed by atoms with Gasteiger partial charge < -0.3 is 14.8 Å². The zero-order valence-corrected chi connectivity index (χ0v) is 14.6. The van der Waals surface area contributed by atoms with E-state index in [9.17, 15) is 8.42 Å². The lowest BCUT2D eigenvalue weighted by Crippen LogP contribution is -2.49. The summed E-state index contributed by atoms with van der Waals surface area (Å²) >= 11 is 3.49. The van der Waals surface area contributed by atoms with Gasteiger partial charge in [-0.25, -0.2) is 13.1 Å². The zero-order chi connectivity index (χ0) is 15.7. The third-order valence-electron chi connectivity index (χ3n) is 2.89. The average molecular weight is 379 g/mol.